The molecule has 2 aromatic rings. The highest BCUT2D eigenvalue weighted by atomic mass is 32.2. The zero-order valence-electron chi connectivity index (χ0n) is 12.1. The highest BCUT2D eigenvalue weighted by Crippen LogP contribution is 2.36. The van der Waals surface area contributed by atoms with Crippen LogP contribution in [0.4, 0.5) is 0 Å². The van der Waals surface area contributed by atoms with Gasteiger partial charge >= 0.3 is 0 Å². The van der Waals surface area contributed by atoms with E-state index >= 15 is 0 Å². The Bertz CT molecular complexity index is 766. The third kappa shape index (κ3) is 2.50. The maximum absolute atomic E-state index is 13.0. The van der Waals surface area contributed by atoms with Crippen molar-refractivity contribution >= 4 is 31.4 Å². The van der Waals surface area contributed by atoms with Crippen molar-refractivity contribution in [3.8, 4) is 0 Å². The first-order valence-corrected chi connectivity index (χ1v) is 9.33. The van der Waals surface area contributed by atoms with Gasteiger partial charge in [-0.1, -0.05) is 25.1 Å². The van der Waals surface area contributed by atoms with Crippen molar-refractivity contribution in [3.63, 3.8) is 0 Å². The number of hydrogen-bond acceptors (Lipinski definition) is 4. The molecule has 21 heavy (non-hydrogen) atoms. The summed E-state index contributed by atoms with van der Waals surface area (Å²) in [6.07, 6.45) is 0.111. The van der Waals surface area contributed by atoms with Crippen LogP contribution in [0, 0.1) is 12.8 Å². The van der Waals surface area contributed by atoms with Crippen molar-refractivity contribution in [2.75, 3.05) is 13.1 Å². The number of thiophene rings is 1. The molecule has 114 valence electrons. The van der Waals surface area contributed by atoms with E-state index in [2.05, 4.69) is 0 Å². The number of nitrogens with zero attached hydrogens (tertiary/aromatic N) is 1. The molecule has 2 unspecified atom stereocenters. The zero-order valence-corrected chi connectivity index (χ0v) is 13.7. The summed E-state index contributed by atoms with van der Waals surface area (Å²) in [6, 6.07) is 7.58. The highest BCUT2D eigenvalue weighted by Gasteiger charge is 2.35. The van der Waals surface area contributed by atoms with E-state index in [9.17, 15) is 13.5 Å². The lowest BCUT2D eigenvalue weighted by Gasteiger charge is -2.33. The van der Waals surface area contributed by atoms with Gasteiger partial charge in [-0.05, 0) is 25.3 Å². The molecule has 0 spiro atoms. The van der Waals surface area contributed by atoms with Gasteiger partial charge in [0.25, 0.3) is 0 Å². The summed E-state index contributed by atoms with van der Waals surface area (Å²) in [5.74, 6) is 0.150. The summed E-state index contributed by atoms with van der Waals surface area (Å²) in [7, 11) is -3.55. The second kappa shape index (κ2) is 5.35. The Kier molecular flexibility index (Phi) is 3.81. The lowest BCUT2D eigenvalue weighted by molar-refractivity contribution is 0.0605. The van der Waals surface area contributed by atoms with Gasteiger partial charge in [0.2, 0.25) is 10.0 Å². The molecule has 0 radical (unpaired) electrons. The Morgan fingerprint density at radius 1 is 1.33 bits per heavy atom. The average Bonchev–Trinajstić information content (AvgIpc) is 2.78. The Morgan fingerprint density at radius 2 is 2.05 bits per heavy atom. The van der Waals surface area contributed by atoms with Crippen LogP contribution in [0.1, 0.15) is 18.2 Å². The number of piperidine rings is 1. The Balaban J connectivity index is 2.07. The topological polar surface area (TPSA) is 57.6 Å². The maximum atomic E-state index is 13.0. The van der Waals surface area contributed by atoms with E-state index in [0.29, 0.717) is 17.9 Å². The summed E-state index contributed by atoms with van der Waals surface area (Å²) in [5, 5.41) is 10.8. The number of hydrogen-bond donors (Lipinski definition) is 1. The lowest BCUT2D eigenvalue weighted by atomic mass is 9.98. The normalized spacial score (nSPS) is 24.5. The van der Waals surface area contributed by atoms with E-state index in [1.54, 1.807) is 0 Å². The molecule has 2 atom stereocenters. The quantitative estimate of drug-likeness (QED) is 0.923. The summed E-state index contributed by atoms with van der Waals surface area (Å²) < 4.78 is 28.3. The van der Waals surface area contributed by atoms with Crippen LogP contribution in [-0.2, 0) is 10.0 Å². The van der Waals surface area contributed by atoms with Crippen LogP contribution < -0.4 is 0 Å². The Hall–Kier alpha value is -0.950. The summed E-state index contributed by atoms with van der Waals surface area (Å²) in [5.41, 5.74) is 0. The van der Waals surface area contributed by atoms with Gasteiger partial charge in [0.1, 0.15) is 4.90 Å². The Labute approximate surface area is 129 Å². The standard InChI is InChI=1S/C15H19NO3S2/c1-10-7-8-16(9-13(10)17)21(18,19)15-11(2)20-14-6-4-3-5-12(14)15/h3-6,10,13,17H,7-9H2,1-2H3. The molecule has 1 aliphatic rings. The van der Waals surface area contributed by atoms with Gasteiger partial charge < -0.3 is 5.11 Å². The maximum Gasteiger partial charge on any atom is 0.244 e. The Morgan fingerprint density at radius 3 is 2.76 bits per heavy atom. The number of rotatable bonds is 2. The van der Waals surface area contributed by atoms with E-state index in [0.717, 1.165) is 15.0 Å². The summed E-state index contributed by atoms with van der Waals surface area (Å²) in [4.78, 5) is 1.22. The van der Waals surface area contributed by atoms with Gasteiger partial charge in [0.05, 0.1) is 6.10 Å². The molecule has 1 saturated heterocycles. The molecule has 4 nitrogen and oxygen atoms in total. The van der Waals surface area contributed by atoms with Crippen LogP contribution in [-0.4, -0.2) is 37.0 Å². The molecule has 0 amide bonds. The predicted octanol–water partition coefficient (Wildman–Crippen LogP) is 2.60. The third-order valence-electron chi connectivity index (χ3n) is 4.19. The monoisotopic (exact) mass is 325 g/mol. The second-order valence-electron chi connectivity index (χ2n) is 5.68. The molecule has 0 bridgehead atoms. The van der Waals surface area contributed by atoms with Crippen LogP contribution in [0.2, 0.25) is 0 Å². The fourth-order valence-electron chi connectivity index (χ4n) is 2.83. The molecule has 0 saturated carbocycles. The fourth-order valence-corrected chi connectivity index (χ4v) is 6.07. The predicted molar refractivity (Wildman–Crippen MR) is 85.1 cm³/mol. The number of aliphatic hydroxyl groups is 1. The minimum Gasteiger partial charge on any atom is -0.391 e. The minimum absolute atomic E-state index is 0.150. The SMILES string of the molecule is Cc1sc2ccccc2c1S(=O)(=O)N1CCC(C)C(O)C1. The van der Waals surface area contributed by atoms with Crippen LogP contribution >= 0.6 is 11.3 Å². The van der Waals surface area contributed by atoms with Crippen LogP contribution in [0.25, 0.3) is 10.1 Å². The van der Waals surface area contributed by atoms with E-state index in [1.807, 2.05) is 38.1 Å². The van der Waals surface area contributed by atoms with Crippen molar-refractivity contribution in [1.82, 2.24) is 4.31 Å². The number of benzene rings is 1. The minimum atomic E-state index is -3.55. The molecular weight excluding hydrogens is 306 g/mol. The van der Waals surface area contributed by atoms with E-state index in [4.69, 9.17) is 0 Å². The smallest absolute Gasteiger partial charge is 0.244 e. The summed E-state index contributed by atoms with van der Waals surface area (Å²) in [6.45, 7) is 4.47. The van der Waals surface area contributed by atoms with E-state index in [-0.39, 0.29) is 12.5 Å². The number of sulfonamides is 1. The molecule has 1 aromatic heterocycles. The van der Waals surface area contributed by atoms with Crippen molar-refractivity contribution in [3.05, 3.63) is 29.1 Å². The molecule has 2 heterocycles. The first-order valence-electron chi connectivity index (χ1n) is 7.07. The molecule has 6 heteroatoms. The van der Waals surface area contributed by atoms with Crippen molar-refractivity contribution in [2.45, 2.75) is 31.3 Å². The van der Waals surface area contributed by atoms with Crippen LogP contribution in [0.5, 0.6) is 0 Å². The number of β-amino-alcohol motifs (C(OH)–C–C–N with tert-alkyl or cyclic N) is 1. The van der Waals surface area contributed by atoms with Crippen molar-refractivity contribution < 1.29 is 13.5 Å². The highest BCUT2D eigenvalue weighted by molar-refractivity contribution is 7.89. The average molecular weight is 325 g/mol. The van der Waals surface area contributed by atoms with Crippen LogP contribution in [0.15, 0.2) is 29.2 Å². The molecule has 3 rings (SSSR count). The fraction of sp³-hybridized carbons (Fsp3) is 0.467. The number of aryl methyl sites for hydroxylation is 1. The molecule has 0 aliphatic carbocycles. The number of aliphatic hydroxyl groups excluding tert-OH is 1. The summed E-state index contributed by atoms with van der Waals surface area (Å²) >= 11 is 1.50. The first-order chi connectivity index (χ1) is 9.91. The van der Waals surface area contributed by atoms with Gasteiger partial charge in [-0.2, -0.15) is 4.31 Å². The molecule has 1 fully saturated rings. The van der Waals surface area contributed by atoms with E-state index in [1.165, 1.54) is 15.6 Å². The molecular formula is C15H19NO3S2. The van der Waals surface area contributed by atoms with Gasteiger partial charge in [0, 0.05) is 28.1 Å². The molecule has 1 aliphatic heterocycles. The third-order valence-corrected chi connectivity index (χ3v) is 7.46. The van der Waals surface area contributed by atoms with Gasteiger partial charge in [-0.25, -0.2) is 8.42 Å². The second-order valence-corrected chi connectivity index (χ2v) is 8.81. The molecule has 1 aromatic carbocycles. The van der Waals surface area contributed by atoms with Gasteiger partial charge in [-0.3, -0.25) is 0 Å². The van der Waals surface area contributed by atoms with Gasteiger partial charge in [-0.15, -0.1) is 11.3 Å². The lowest BCUT2D eigenvalue weighted by Crippen LogP contribution is -2.45. The van der Waals surface area contributed by atoms with Crippen molar-refractivity contribution in [1.29, 1.82) is 0 Å². The first kappa shape index (κ1) is 15.0. The van der Waals surface area contributed by atoms with E-state index < -0.39 is 16.1 Å². The molecule has 1 N–H and O–H groups in total. The van der Waals surface area contributed by atoms with Crippen LogP contribution in [0.3, 0.4) is 0 Å². The largest absolute Gasteiger partial charge is 0.391 e. The number of fused-ring (bicyclic) bond motifs is 1. The zero-order chi connectivity index (χ0) is 15.2. The van der Waals surface area contributed by atoms with Crippen molar-refractivity contribution in [2.24, 2.45) is 5.92 Å². The van der Waals surface area contributed by atoms with Gasteiger partial charge in [0.15, 0.2) is 0 Å².